The highest BCUT2D eigenvalue weighted by atomic mass is 16.3. The van der Waals surface area contributed by atoms with Gasteiger partial charge in [-0.1, -0.05) is 17.7 Å². The Kier molecular flexibility index (Phi) is 7.02. The van der Waals surface area contributed by atoms with Crippen LogP contribution in [0.25, 0.3) is 0 Å². The number of fused-ring (bicyclic) bond motifs is 1. The maximum Gasteiger partial charge on any atom is 0.224 e. The summed E-state index contributed by atoms with van der Waals surface area (Å²) in [5.41, 5.74) is 4.73. The zero-order chi connectivity index (χ0) is 16.7. The van der Waals surface area contributed by atoms with Gasteiger partial charge in [-0.2, -0.15) is 0 Å². The van der Waals surface area contributed by atoms with E-state index in [9.17, 15) is 9.90 Å². The first-order valence-corrected chi connectivity index (χ1v) is 8.48. The van der Waals surface area contributed by atoms with Gasteiger partial charge in [0.1, 0.15) is 0 Å². The van der Waals surface area contributed by atoms with E-state index in [0.29, 0.717) is 19.5 Å². The molecule has 5 nitrogen and oxygen atoms in total. The molecule has 1 fully saturated rings. The Morgan fingerprint density at radius 3 is 2.78 bits per heavy atom. The van der Waals surface area contributed by atoms with Crippen molar-refractivity contribution in [2.45, 2.75) is 51.6 Å². The van der Waals surface area contributed by atoms with E-state index in [1.54, 1.807) is 0 Å². The highest BCUT2D eigenvalue weighted by Crippen LogP contribution is 2.27. The molecule has 1 amide bonds. The monoisotopic (exact) mass is 320 g/mol. The standard InChI is InChI=1S/C18H28N2O3/c1-13-6-7-14(10-19-11-16(22)12-21)8-9-15-4-2-3-5-17(23)20-18(13)15/h8-9,16,19,21-22H,2-7,10-12H2,1H3,(H,20,23). The minimum Gasteiger partial charge on any atom is -0.394 e. The van der Waals surface area contributed by atoms with Crippen LogP contribution >= 0.6 is 0 Å². The van der Waals surface area contributed by atoms with Gasteiger partial charge >= 0.3 is 0 Å². The lowest BCUT2D eigenvalue weighted by molar-refractivity contribution is -0.120. The molecule has 0 spiro atoms. The van der Waals surface area contributed by atoms with Crippen molar-refractivity contribution in [2.24, 2.45) is 0 Å². The molecule has 1 atom stereocenters. The summed E-state index contributed by atoms with van der Waals surface area (Å²) in [6.45, 7) is 2.97. The first kappa shape index (κ1) is 17.9. The predicted octanol–water partition coefficient (Wildman–Crippen LogP) is 1.54. The fraction of sp³-hybridized carbons (Fsp3) is 0.611. The van der Waals surface area contributed by atoms with Gasteiger partial charge in [0.05, 0.1) is 12.7 Å². The molecule has 5 heteroatoms. The maximum absolute atomic E-state index is 11.9. The van der Waals surface area contributed by atoms with E-state index in [4.69, 9.17) is 5.11 Å². The van der Waals surface area contributed by atoms with Crippen LogP contribution < -0.4 is 10.6 Å². The van der Waals surface area contributed by atoms with Crippen LogP contribution in [-0.2, 0) is 4.79 Å². The number of hydrogen-bond donors (Lipinski definition) is 4. The fourth-order valence-electron chi connectivity index (χ4n) is 2.94. The quantitative estimate of drug-likeness (QED) is 0.619. The molecule has 0 aromatic heterocycles. The van der Waals surface area contributed by atoms with E-state index in [2.05, 4.69) is 29.7 Å². The van der Waals surface area contributed by atoms with Crippen LogP contribution in [0.15, 0.2) is 34.6 Å². The molecule has 0 radical (unpaired) electrons. The van der Waals surface area contributed by atoms with E-state index in [0.717, 1.165) is 37.8 Å². The number of amides is 1. The molecule has 1 saturated heterocycles. The second-order valence-corrected chi connectivity index (χ2v) is 6.39. The Morgan fingerprint density at radius 2 is 2.00 bits per heavy atom. The summed E-state index contributed by atoms with van der Waals surface area (Å²) >= 11 is 0. The topological polar surface area (TPSA) is 81.6 Å². The molecule has 2 rings (SSSR count). The molecule has 0 aromatic rings. The van der Waals surface area contributed by atoms with E-state index in [-0.39, 0.29) is 12.5 Å². The lowest BCUT2D eigenvalue weighted by Gasteiger charge is -2.22. The van der Waals surface area contributed by atoms with Gasteiger partial charge in [-0.15, -0.1) is 0 Å². The van der Waals surface area contributed by atoms with Gasteiger partial charge in [0.15, 0.2) is 0 Å². The molecule has 0 aromatic carbocycles. The van der Waals surface area contributed by atoms with Crippen molar-refractivity contribution in [3.63, 3.8) is 0 Å². The second kappa shape index (κ2) is 9.01. The van der Waals surface area contributed by atoms with Crippen molar-refractivity contribution in [3.8, 4) is 0 Å². The van der Waals surface area contributed by atoms with Crippen LogP contribution in [0.3, 0.4) is 0 Å². The number of aliphatic hydroxyl groups is 2. The summed E-state index contributed by atoms with van der Waals surface area (Å²) in [5, 5.41) is 24.5. The number of allylic oxidation sites excluding steroid dienone is 4. The SMILES string of the molecule is CC1=C2NC(=O)CCCCC2=CC=C(CNCC(O)CO)CC1. The number of hydrogen-bond acceptors (Lipinski definition) is 4. The third kappa shape index (κ3) is 5.61. The normalized spacial score (nSPS) is 21.1. The molecule has 4 N–H and O–H groups in total. The van der Waals surface area contributed by atoms with Gasteiger partial charge < -0.3 is 20.8 Å². The number of nitrogens with one attached hydrogen (secondary N) is 2. The molecule has 1 aliphatic carbocycles. The zero-order valence-electron chi connectivity index (χ0n) is 13.9. The second-order valence-electron chi connectivity index (χ2n) is 6.39. The van der Waals surface area contributed by atoms with Gasteiger partial charge in [-0.05, 0) is 50.2 Å². The highest BCUT2D eigenvalue weighted by molar-refractivity contribution is 5.79. The molecular formula is C18H28N2O3. The summed E-state index contributed by atoms with van der Waals surface area (Å²) in [6.07, 6.45) is 8.98. The Balaban J connectivity index is 2.07. The molecule has 1 unspecified atom stereocenters. The molecule has 0 saturated carbocycles. The molecule has 2 aliphatic rings. The van der Waals surface area contributed by atoms with Crippen LogP contribution in [-0.4, -0.2) is 41.9 Å². The Morgan fingerprint density at radius 1 is 1.22 bits per heavy atom. The van der Waals surface area contributed by atoms with E-state index >= 15 is 0 Å². The maximum atomic E-state index is 11.9. The largest absolute Gasteiger partial charge is 0.394 e. The number of carbonyl (C=O) groups excluding carboxylic acids is 1. The fourth-order valence-corrected chi connectivity index (χ4v) is 2.94. The van der Waals surface area contributed by atoms with E-state index in [1.165, 1.54) is 16.7 Å². The van der Waals surface area contributed by atoms with Gasteiger partial charge in [0, 0.05) is 25.2 Å². The van der Waals surface area contributed by atoms with E-state index < -0.39 is 6.10 Å². The molecule has 1 aliphatic heterocycles. The van der Waals surface area contributed by atoms with Gasteiger partial charge in [0.25, 0.3) is 0 Å². The lowest BCUT2D eigenvalue weighted by Crippen LogP contribution is -2.31. The van der Waals surface area contributed by atoms with Gasteiger partial charge in [-0.25, -0.2) is 0 Å². The molecule has 23 heavy (non-hydrogen) atoms. The summed E-state index contributed by atoms with van der Waals surface area (Å²) in [7, 11) is 0. The molecule has 128 valence electrons. The number of aliphatic hydroxyl groups excluding tert-OH is 2. The van der Waals surface area contributed by atoms with Crippen molar-refractivity contribution in [3.05, 3.63) is 34.6 Å². The smallest absolute Gasteiger partial charge is 0.224 e. The van der Waals surface area contributed by atoms with Crippen molar-refractivity contribution >= 4 is 5.91 Å². The third-order valence-electron chi connectivity index (χ3n) is 4.40. The summed E-state index contributed by atoms with van der Waals surface area (Å²) in [5.74, 6) is 0.120. The number of rotatable bonds is 5. The van der Waals surface area contributed by atoms with Crippen LogP contribution in [0.5, 0.6) is 0 Å². The Hall–Kier alpha value is -1.43. The minimum absolute atomic E-state index is 0.120. The molecule has 1 heterocycles. The van der Waals surface area contributed by atoms with Crippen LogP contribution in [0.4, 0.5) is 0 Å². The summed E-state index contributed by atoms with van der Waals surface area (Å²) < 4.78 is 0. The zero-order valence-corrected chi connectivity index (χ0v) is 13.9. The third-order valence-corrected chi connectivity index (χ3v) is 4.40. The van der Waals surface area contributed by atoms with Crippen LogP contribution in [0.1, 0.15) is 45.4 Å². The Bertz CT molecular complexity index is 520. The van der Waals surface area contributed by atoms with Gasteiger partial charge in [0.2, 0.25) is 5.91 Å². The highest BCUT2D eigenvalue weighted by Gasteiger charge is 2.17. The average molecular weight is 320 g/mol. The van der Waals surface area contributed by atoms with Crippen molar-refractivity contribution in [1.29, 1.82) is 0 Å². The first-order chi connectivity index (χ1) is 11.1. The number of carbonyl (C=O) groups is 1. The van der Waals surface area contributed by atoms with Gasteiger partial charge in [-0.3, -0.25) is 4.79 Å². The summed E-state index contributed by atoms with van der Waals surface area (Å²) in [6, 6.07) is 0. The van der Waals surface area contributed by atoms with Crippen LogP contribution in [0.2, 0.25) is 0 Å². The van der Waals surface area contributed by atoms with Crippen LogP contribution in [0, 0.1) is 0 Å². The lowest BCUT2D eigenvalue weighted by atomic mass is 9.92. The van der Waals surface area contributed by atoms with E-state index in [1.807, 2.05) is 0 Å². The Labute approximate surface area is 138 Å². The average Bonchev–Trinajstić information content (AvgIpc) is 2.52. The minimum atomic E-state index is -0.712. The predicted molar refractivity (Wildman–Crippen MR) is 90.7 cm³/mol. The summed E-state index contributed by atoms with van der Waals surface area (Å²) in [4.78, 5) is 11.9. The van der Waals surface area contributed by atoms with Crippen molar-refractivity contribution < 1.29 is 15.0 Å². The van der Waals surface area contributed by atoms with Crippen molar-refractivity contribution in [2.75, 3.05) is 19.7 Å². The molecule has 0 bridgehead atoms. The van der Waals surface area contributed by atoms with Crippen molar-refractivity contribution in [1.82, 2.24) is 10.6 Å². The first-order valence-electron chi connectivity index (χ1n) is 8.48. The molecular weight excluding hydrogens is 292 g/mol.